The van der Waals surface area contributed by atoms with E-state index in [2.05, 4.69) is 0 Å². The highest BCUT2D eigenvalue weighted by Crippen LogP contribution is 2.23. The molecule has 1 aromatic rings. The maximum Gasteiger partial charge on any atom is 0.122 e. The van der Waals surface area contributed by atoms with Gasteiger partial charge in [0.05, 0.1) is 13.2 Å². The Morgan fingerprint density at radius 2 is 2.07 bits per heavy atom. The van der Waals surface area contributed by atoms with Crippen LogP contribution in [0.15, 0.2) is 18.2 Å². The Hall–Kier alpha value is -1.22. The molecule has 0 aliphatic rings. The van der Waals surface area contributed by atoms with Crippen molar-refractivity contribution in [1.82, 2.24) is 0 Å². The highest BCUT2D eigenvalue weighted by molar-refractivity contribution is 5.39. The molecule has 0 fully saturated rings. The molecule has 84 valence electrons. The quantitative estimate of drug-likeness (QED) is 0.731. The Morgan fingerprint density at radius 3 is 2.67 bits per heavy atom. The fraction of sp³-hybridized carbons (Fsp3) is 0.500. The number of aliphatic hydroxyl groups is 1. The Labute approximate surface area is 90.6 Å². The Balaban J connectivity index is 2.56. The first-order chi connectivity index (χ1) is 7.27. The van der Waals surface area contributed by atoms with Crippen LogP contribution in [0.2, 0.25) is 0 Å². The molecule has 0 saturated carbocycles. The summed E-state index contributed by atoms with van der Waals surface area (Å²) < 4.78 is 10.9. The normalized spacial score (nSPS) is 10.1. The van der Waals surface area contributed by atoms with E-state index in [1.807, 2.05) is 32.0 Å². The molecule has 0 aliphatic carbocycles. The molecule has 0 saturated heterocycles. The van der Waals surface area contributed by atoms with Crippen molar-refractivity contribution < 1.29 is 14.6 Å². The highest BCUT2D eigenvalue weighted by Gasteiger charge is 2.00. The lowest BCUT2D eigenvalue weighted by Gasteiger charge is -2.10. The molecule has 0 amide bonds. The molecule has 0 aromatic heterocycles. The minimum atomic E-state index is 0.163. The molecular formula is C12H18O3. The minimum Gasteiger partial charge on any atom is -0.494 e. The number of aliphatic hydroxyl groups excluding tert-OH is 1. The van der Waals surface area contributed by atoms with Gasteiger partial charge in [0.2, 0.25) is 0 Å². The first kappa shape index (κ1) is 11.9. The first-order valence-corrected chi connectivity index (χ1v) is 5.25. The predicted octanol–water partition coefficient (Wildman–Crippen LogP) is 2.15. The second-order valence-electron chi connectivity index (χ2n) is 3.29. The van der Waals surface area contributed by atoms with Crippen LogP contribution in [0.4, 0.5) is 0 Å². The van der Waals surface area contributed by atoms with Crippen LogP contribution >= 0.6 is 0 Å². The van der Waals surface area contributed by atoms with Crippen molar-refractivity contribution in [3.8, 4) is 11.5 Å². The molecule has 0 atom stereocenters. The van der Waals surface area contributed by atoms with E-state index in [-0.39, 0.29) is 6.61 Å². The lowest BCUT2D eigenvalue weighted by Crippen LogP contribution is -2.00. The van der Waals surface area contributed by atoms with Gasteiger partial charge in [-0.2, -0.15) is 0 Å². The lowest BCUT2D eigenvalue weighted by atomic mass is 10.2. The maximum atomic E-state index is 8.61. The van der Waals surface area contributed by atoms with E-state index < -0.39 is 0 Å². The second-order valence-corrected chi connectivity index (χ2v) is 3.29. The molecule has 0 spiro atoms. The average Bonchev–Trinajstić information content (AvgIpc) is 2.23. The van der Waals surface area contributed by atoms with Crippen molar-refractivity contribution in [2.75, 3.05) is 19.8 Å². The number of ether oxygens (including phenoxy) is 2. The number of rotatable bonds is 6. The van der Waals surface area contributed by atoms with Crippen molar-refractivity contribution in [2.24, 2.45) is 0 Å². The summed E-state index contributed by atoms with van der Waals surface area (Å²) in [7, 11) is 0. The van der Waals surface area contributed by atoms with Gasteiger partial charge in [-0.1, -0.05) is 0 Å². The Kier molecular flexibility index (Phi) is 4.98. The van der Waals surface area contributed by atoms with Gasteiger partial charge in [0, 0.05) is 13.0 Å². The van der Waals surface area contributed by atoms with E-state index in [4.69, 9.17) is 14.6 Å². The lowest BCUT2D eigenvalue weighted by molar-refractivity contribution is 0.233. The summed E-state index contributed by atoms with van der Waals surface area (Å²) in [6.07, 6.45) is 0.659. The van der Waals surface area contributed by atoms with Crippen LogP contribution in [-0.4, -0.2) is 24.9 Å². The van der Waals surface area contributed by atoms with Crippen molar-refractivity contribution in [2.45, 2.75) is 20.3 Å². The predicted molar refractivity (Wildman–Crippen MR) is 59.5 cm³/mol. The Bertz CT molecular complexity index is 297. The van der Waals surface area contributed by atoms with Gasteiger partial charge in [-0.25, -0.2) is 0 Å². The Morgan fingerprint density at radius 1 is 1.27 bits per heavy atom. The van der Waals surface area contributed by atoms with E-state index in [0.29, 0.717) is 19.6 Å². The fourth-order valence-electron chi connectivity index (χ4n) is 1.28. The van der Waals surface area contributed by atoms with Crippen LogP contribution in [-0.2, 0) is 0 Å². The molecular weight excluding hydrogens is 192 g/mol. The number of benzene rings is 1. The summed E-state index contributed by atoms with van der Waals surface area (Å²) in [6.45, 7) is 5.33. The summed E-state index contributed by atoms with van der Waals surface area (Å²) in [6, 6.07) is 5.74. The summed E-state index contributed by atoms with van der Waals surface area (Å²) in [4.78, 5) is 0. The molecule has 0 unspecified atom stereocenters. The third kappa shape index (κ3) is 3.80. The SMILES string of the molecule is CCOc1ccc(OCCCO)cc1C. The van der Waals surface area contributed by atoms with E-state index in [1.54, 1.807) is 0 Å². The summed E-state index contributed by atoms with van der Waals surface area (Å²) in [5.41, 5.74) is 1.07. The van der Waals surface area contributed by atoms with Gasteiger partial charge in [-0.15, -0.1) is 0 Å². The van der Waals surface area contributed by atoms with Crippen LogP contribution in [0.3, 0.4) is 0 Å². The topological polar surface area (TPSA) is 38.7 Å². The van der Waals surface area contributed by atoms with Crippen LogP contribution in [0.25, 0.3) is 0 Å². The fourth-order valence-corrected chi connectivity index (χ4v) is 1.28. The smallest absolute Gasteiger partial charge is 0.122 e. The van der Waals surface area contributed by atoms with Gasteiger partial charge >= 0.3 is 0 Å². The first-order valence-electron chi connectivity index (χ1n) is 5.25. The van der Waals surface area contributed by atoms with Crippen LogP contribution in [0, 0.1) is 6.92 Å². The zero-order chi connectivity index (χ0) is 11.1. The van der Waals surface area contributed by atoms with E-state index in [1.165, 1.54) is 0 Å². The third-order valence-electron chi connectivity index (χ3n) is 2.02. The van der Waals surface area contributed by atoms with Gasteiger partial charge in [-0.3, -0.25) is 0 Å². The van der Waals surface area contributed by atoms with Crippen molar-refractivity contribution in [3.05, 3.63) is 23.8 Å². The van der Waals surface area contributed by atoms with Crippen molar-refractivity contribution in [3.63, 3.8) is 0 Å². The van der Waals surface area contributed by atoms with E-state index >= 15 is 0 Å². The summed E-state index contributed by atoms with van der Waals surface area (Å²) in [5, 5.41) is 8.61. The zero-order valence-electron chi connectivity index (χ0n) is 9.32. The van der Waals surface area contributed by atoms with Crippen molar-refractivity contribution >= 4 is 0 Å². The molecule has 0 bridgehead atoms. The zero-order valence-corrected chi connectivity index (χ0v) is 9.32. The molecule has 3 nitrogen and oxygen atoms in total. The summed E-state index contributed by atoms with van der Waals surface area (Å²) >= 11 is 0. The number of hydrogen-bond acceptors (Lipinski definition) is 3. The van der Waals surface area contributed by atoms with Gasteiger partial charge in [0.15, 0.2) is 0 Å². The van der Waals surface area contributed by atoms with Gasteiger partial charge in [0.25, 0.3) is 0 Å². The molecule has 3 heteroatoms. The molecule has 0 heterocycles. The highest BCUT2D eigenvalue weighted by atomic mass is 16.5. The monoisotopic (exact) mass is 210 g/mol. The summed E-state index contributed by atoms with van der Waals surface area (Å²) in [5.74, 6) is 1.72. The molecule has 1 rings (SSSR count). The van der Waals surface area contributed by atoms with E-state index in [0.717, 1.165) is 17.1 Å². The molecule has 0 radical (unpaired) electrons. The maximum absolute atomic E-state index is 8.61. The van der Waals surface area contributed by atoms with Crippen LogP contribution in [0.1, 0.15) is 18.9 Å². The van der Waals surface area contributed by atoms with Gasteiger partial charge in [0.1, 0.15) is 11.5 Å². The van der Waals surface area contributed by atoms with Crippen LogP contribution in [0.5, 0.6) is 11.5 Å². The van der Waals surface area contributed by atoms with Crippen LogP contribution < -0.4 is 9.47 Å². The van der Waals surface area contributed by atoms with E-state index in [9.17, 15) is 0 Å². The molecule has 1 N–H and O–H groups in total. The largest absolute Gasteiger partial charge is 0.494 e. The molecule has 1 aromatic carbocycles. The average molecular weight is 210 g/mol. The molecule has 15 heavy (non-hydrogen) atoms. The number of hydrogen-bond donors (Lipinski definition) is 1. The van der Waals surface area contributed by atoms with Gasteiger partial charge in [-0.05, 0) is 37.6 Å². The minimum absolute atomic E-state index is 0.163. The second kappa shape index (κ2) is 6.30. The molecule has 0 aliphatic heterocycles. The van der Waals surface area contributed by atoms with Gasteiger partial charge < -0.3 is 14.6 Å². The van der Waals surface area contributed by atoms with Crippen molar-refractivity contribution in [1.29, 1.82) is 0 Å². The standard InChI is InChI=1S/C12H18O3/c1-3-14-12-6-5-11(9-10(12)2)15-8-4-7-13/h5-6,9,13H,3-4,7-8H2,1-2H3. The number of aryl methyl sites for hydroxylation is 1. The third-order valence-corrected chi connectivity index (χ3v) is 2.02.